The molecule has 2 fully saturated rings. The van der Waals surface area contributed by atoms with Crippen molar-refractivity contribution in [2.24, 2.45) is 5.92 Å². The van der Waals surface area contributed by atoms with E-state index in [4.69, 9.17) is 4.74 Å². The van der Waals surface area contributed by atoms with E-state index in [1.807, 2.05) is 30.3 Å². The Hall–Kier alpha value is -1.84. The Morgan fingerprint density at radius 1 is 1.14 bits per heavy atom. The highest BCUT2D eigenvalue weighted by molar-refractivity contribution is 5.93. The maximum absolute atomic E-state index is 12.5. The van der Waals surface area contributed by atoms with Crippen LogP contribution in [0.4, 0.5) is 4.79 Å². The van der Waals surface area contributed by atoms with E-state index >= 15 is 0 Å². The Morgan fingerprint density at radius 2 is 1.86 bits per heavy atom. The highest BCUT2D eigenvalue weighted by Gasteiger charge is 2.38. The van der Waals surface area contributed by atoms with Crippen LogP contribution in [0.15, 0.2) is 30.3 Å². The zero-order chi connectivity index (χ0) is 15.4. The van der Waals surface area contributed by atoms with E-state index in [0.717, 1.165) is 18.4 Å². The topological polar surface area (TPSA) is 46.6 Å². The van der Waals surface area contributed by atoms with E-state index in [-0.39, 0.29) is 11.9 Å². The molecule has 118 valence electrons. The second-order valence-corrected chi connectivity index (χ2v) is 6.39. The molecule has 1 saturated heterocycles. The summed E-state index contributed by atoms with van der Waals surface area (Å²) in [7, 11) is 0. The van der Waals surface area contributed by atoms with Crippen molar-refractivity contribution >= 4 is 12.0 Å². The average Bonchev–Trinajstić information content (AvgIpc) is 2.90. The first-order valence-corrected chi connectivity index (χ1v) is 8.27. The van der Waals surface area contributed by atoms with Crippen LogP contribution in [0.1, 0.15) is 44.1 Å². The minimum absolute atomic E-state index is 0.0599. The highest BCUT2D eigenvalue weighted by atomic mass is 16.6. The standard InChI is InChI=1S/C18H23NO3/c20-17(12-15-9-5-2-6-10-15)19-16(13-22-18(19)21)11-14-7-3-1-4-8-14/h1,3-4,7-8,15-16H,2,5-6,9-13H2. The zero-order valence-corrected chi connectivity index (χ0v) is 12.9. The van der Waals surface area contributed by atoms with Crippen molar-refractivity contribution in [2.75, 3.05) is 6.61 Å². The fraction of sp³-hybridized carbons (Fsp3) is 0.556. The molecule has 0 spiro atoms. The van der Waals surface area contributed by atoms with E-state index in [0.29, 0.717) is 25.4 Å². The Kier molecular flexibility index (Phi) is 4.76. The average molecular weight is 301 g/mol. The Morgan fingerprint density at radius 3 is 2.59 bits per heavy atom. The summed E-state index contributed by atoms with van der Waals surface area (Å²) in [6.45, 7) is 0.310. The second-order valence-electron chi connectivity index (χ2n) is 6.39. The fourth-order valence-electron chi connectivity index (χ4n) is 3.54. The van der Waals surface area contributed by atoms with Gasteiger partial charge in [-0.2, -0.15) is 0 Å². The van der Waals surface area contributed by atoms with Crippen molar-refractivity contribution in [1.29, 1.82) is 0 Å². The van der Waals surface area contributed by atoms with Gasteiger partial charge in [0.15, 0.2) is 0 Å². The number of cyclic esters (lactones) is 1. The Balaban J connectivity index is 1.63. The maximum atomic E-state index is 12.5. The molecule has 22 heavy (non-hydrogen) atoms. The lowest BCUT2D eigenvalue weighted by Crippen LogP contribution is -2.41. The van der Waals surface area contributed by atoms with E-state index in [9.17, 15) is 9.59 Å². The van der Waals surface area contributed by atoms with Gasteiger partial charge >= 0.3 is 6.09 Å². The van der Waals surface area contributed by atoms with Gasteiger partial charge in [-0.05, 0) is 30.7 Å². The molecule has 2 aliphatic rings. The number of imide groups is 1. The quantitative estimate of drug-likeness (QED) is 0.854. The highest BCUT2D eigenvalue weighted by Crippen LogP contribution is 2.28. The third-order valence-corrected chi connectivity index (χ3v) is 4.73. The van der Waals surface area contributed by atoms with E-state index in [1.165, 1.54) is 24.2 Å². The van der Waals surface area contributed by atoms with Crippen LogP contribution in [0, 0.1) is 5.92 Å². The first kappa shape index (κ1) is 15.1. The molecule has 1 aromatic carbocycles. The van der Waals surface area contributed by atoms with Crippen molar-refractivity contribution in [3.05, 3.63) is 35.9 Å². The predicted molar refractivity (Wildman–Crippen MR) is 83.3 cm³/mol. The summed E-state index contributed by atoms with van der Waals surface area (Å²) < 4.78 is 5.13. The smallest absolute Gasteiger partial charge is 0.416 e. The minimum atomic E-state index is -0.471. The van der Waals surface area contributed by atoms with Crippen molar-refractivity contribution in [1.82, 2.24) is 4.90 Å². The van der Waals surface area contributed by atoms with Gasteiger partial charge in [-0.25, -0.2) is 9.69 Å². The molecule has 1 saturated carbocycles. The zero-order valence-electron chi connectivity index (χ0n) is 12.9. The molecule has 1 aliphatic heterocycles. The minimum Gasteiger partial charge on any atom is -0.447 e. The van der Waals surface area contributed by atoms with Crippen LogP contribution in [0.2, 0.25) is 0 Å². The number of amides is 2. The third-order valence-electron chi connectivity index (χ3n) is 4.73. The molecule has 1 aromatic rings. The molecule has 0 bridgehead atoms. The Labute approximate surface area is 131 Å². The number of benzene rings is 1. The number of nitrogens with zero attached hydrogens (tertiary/aromatic N) is 1. The van der Waals surface area contributed by atoms with Crippen LogP contribution in [-0.2, 0) is 16.0 Å². The van der Waals surface area contributed by atoms with Gasteiger partial charge in [0.1, 0.15) is 6.61 Å². The summed E-state index contributed by atoms with van der Waals surface area (Å²) in [5.41, 5.74) is 1.13. The summed E-state index contributed by atoms with van der Waals surface area (Å²) in [6.07, 6.45) is 6.58. The van der Waals surface area contributed by atoms with Gasteiger partial charge in [0.05, 0.1) is 6.04 Å². The SMILES string of the molecule is O=C(CC1CCCCC1)N1C(=O)OCC1Cc1ccccc1. The normalized spacial score (nSPS) is 22.6. The maximum Gasteiger partial charge on any atom is 0.416 e. The van der Waals surface area contributed by atoms with Crippen LogP contribution < -0.4 is 0 Å². The van der Waals surface area contributed by atoms with Gasteiger partial charge in [0.2, 0.25) is 5.91 Å². The van der Waals surface area contributed by atoms with Gasteiger partial charge in [-0.1, -0.05) is 49.6 Å². The molecule has 1 heterocycles. The van der Waals surface area contributed by atoms with E-state index in [1.54, 1.807) is 0 Å². The van der Waals surface area contributed by atoms with Crippen molar-refractivity contribution in [3.8, 4) is 0 Å². The summed E-state index contributed by atoms with van der Waals surface area (Å²) in [5, 5.41) is 0. The van der Waals surface area contributed by atoms with Gasteiger partial charge < -0.3 is 4.74 Å². The van der Waals surface area contributed by atoms with Crippen molar-refractivity contribution < 1.29 is 14.3 Å². The monoisotopic (exact) mass is 301 g/mol. The first-order chi connectivity index (χ1) is 10.7. The van der Waals surface area contributed by atoms with Crippen molar-refractivity contribution in [3.63, 3.8) is 0 Å². The van der Waals surface area contributed by atoms with Crippen LogP contribution in [0.25, 0.3) is 0 Å². The summed E-state index contributed by atoms with van der Waals surface area (Å²) in [4.78, 5) is 25.9. The largest absolute Gasteiger partial charge is 0.447 e. The van der Waals surface area contributed by atoms with Gasteiger partial charge in [0, 0.05) is 6.42 Å². The van der Waals surface area contributed by atoms with E-state index in [2.05, 4.69) is 0 Å². The van der Waals surface area contributed by atoms with Gasteiger partial charge in [-0.15, -0.1) is 0 Å². The lowest BCUT2D eigenvalue weighted by Gasteiger charge is -2.25. The molecule has 4 heteroatoms. The summed E-state index contributed by atoms with van der Waals surface area (Å²) >= 11 is 0. The predicted octanol–water partition coefficient (Wildman–Crippen LogP) is 3.55. The molecule has 2 amide bonds. The van der Waals surface area contributed by atoms with Gasteiger partial charge in [-0.3, -0.25) is 4.79 Å². The molecule has 4 nitrogen and oxygen atoms in total. The number of hydrogen-bond donors (Lipinski definition) is 0. The molecule has 0 radical (unpaired) electrons. The second kappa shape index (κ2) is 6.95. The number of carbonyl (C=O) groups is 2. The molecule has 1 atom stereocenters. The lowest BCUT2D eigenvalue weighted by atomic mass is 9.86. The van der Waals surface area contributed by atoms with E-state index < -0.39 is 6.09 Å². The first-order valence-electron chi connectivity index (χ1n) is 8.27. The molecular formula is C18H23NO3. The van der Waals surface area contributed by atoms with Crippen LogP contribution >= 0.6 is 0 Å². The van der Waals surface area contributed by atoms with Crippen LogP contribution in [0.3, 0.4) is 0 Å². The summed E-state index contributed by atoms with van der Waals surface area (Å²) in [6, 6.07) is 9.79. The number of carbonyl (C=O) groups excluding carboxylic acids is 2. The molecule has 1 unspecified atom stereocenters. The van der Waals surface area contributed by atoms with Crippen molar-refractivity contribution in [2.45, 2.75) is 51.0 Å². The lowest BCUT2D eigenvalue weighted by molar-refractivity contribution is -0.130. The number of ether oxygens (including phenoxy) is 1. The number of rotatable bonds is 4. The molecule has 0 N–H and O–H groups in total. The van der Waals surface area contributed by atoms with Gasteiger partial charge in [0.25, 0.3) is 0 Å². The fourth-order valence-corrected chi connectivity index (χ4v) is 3.54. The molecular weight excluding hydrogens is 278 g/mol. The summed E-state index contributed by atoms with van der Waals surface area (Å²) in [5.74, 6) is 0.377. The Bertz CT molecular complexity index is 522. The molecule has 3 rings (SSSR count). The van der Waals surface area contributed by atoms with Crippen LogP contribution in [-0.4, -0.2) is 29.5 Å². The van der Waals surface area contributed by atoms with Crippen LogP contribution in [0.5, 0.6) is 0 Å². The third kappa shape index (κ3) is 3.49. The molecule has 0 aromatic heterocycles. The molecule has 1 aliphatic carbocycles. The number of hydrogen-bond acceptors (Lipinski definition) is 3.